The average Bonchev–Trinajstić information content (AvgIpc) is 2.48. The van der Waals surface area contributed by atoms with Crippen molar-refractivity contribution in [2.45, 2.75) is 25.8 Å². The van der Waals surface area contributed by atoms with Crippen molar-refractivity contribution in [3.8, 4) is 5.75 Å². The van der Waals surface area contributed by atoms with Crippen molar-refractivity contribution in [1.29, 1.82) is 0 Å². The van der Waals surface area contributed by atoms with E-state index in [1.54, 1.807) is 36.9 Å². The van der Waals surface area contributed by atoms with E-state index in [0.29, 0.717) is 23.0 Å². The van der Waals surface area contributed by atoms with Crippen molar-refractivity contribution >= 4 is 29.1 Å². The average molecular weight is 297 g/mol. The number of carbonyl (C=O) groups excluding carboxylic acids is 2. The van der Waals surface area contributed by atoms with Crippen molar-refractivity contribution in [1.82, 2.24) is 5.32 Å². The smallest absolute Gasteiger partial charge is 0.252 e. The van der Waals surface area contributed by atoms with Gasteiger partial charge in [-0.1, -0.05) is 11.6 Å². The molecule has 0 unspecified atom stereocenters. The van der Waals surface area contributed by atoms with Crippen molar-refractivity contribution < 1.29 is 14.3 Å². The Bertz CT molecular complexity index is 557. The van der Waals surface area contributed by atoms with Crippen LogP contribution < -0.4 is 15.0 Å². The Morgan fingerprint density at radius 3 is 2.70 bits per heavy atom. The number of rotatable bonds is 2. The number of ether oxygens (including phenoxy) is 1. The summed E-state index contributed by atoms with van der Waals surface area (Å²) in [5, 5.41) is 3.20. The van der Waals surface area contributed by atoms with Crippen LogP contribution in [0.2, 0.25) is 5.02 Å². The van der Waals surface area contributed by atoms with Crippen molar-refractivity contribution in [3.63, 3.8) is 0 Å². The second kappa shape index (κ2) is 5.32. The zero-order valence-corrected chi connectivity index (χ0v) is 12.5. The molecule has 0 aliphatic carbocycles. The lowest BCUT2D eigenvalue weighted by atomic mass is 10.0. The third-order valence-electron chi connectivity index (χ3n) is 3.24. The summed E-state index contributed by atoms with van der Waals surface area (Å²) in [5.74, 6) is 0.206. The first-order valence-corrected chi connectivity index (χ1v) is 6.69. The third kappa shape index (κ3) is 2.72. The first-order chi connectivity index (χ1) is 9.35. The highest BCUT2D eigenvalue weighted by Crippen LogP contribution is 2.31. The summed E-state index contributed by atoms with van der Waals surface area (Å²) in [7, 11) is 1.52. The molecule has 1 aliphatic heterocycles. The Labute approximate surface area is 122 Å². The lowest BCUT2D eigenvalue weighted by Crippen LogP contribution is -2.53. The molecule has 2 rings (SSSR count). The molecule has 6 heteroatoms. The SMILES string of the molecule is COc1cc(N2CCC(=O)NC(C)(C)C2=O)ccc1Cl. The van der Waals surface area contributed by atoms with Gasteiger partial charge in [0.05, 0.1) is 12.1 Å². The summed E-state index contributed by atoms with van der Waals surface area (Å²) in [4.78, 5) is 25.8. The summed E-state index contributed by atoms with van der Waals surface area (Å²) >= 11 is 5.99. The number of anilines is 1. The Morgan fingerprint density at radius 2 is 2.05 bits per heavy atom. The van der Waals surface area contributed by atoms with E-state index >= 15 is 0 Å². The standard InChI is InChI=1S/C14H17ClN2O3/c1-14(2)13(19)17(7-6-12(18)16-14)9-4-5-10(15)11(8-9)20-3/h4-5,8H,6-7H2,1-3H3,(H,16,18). The minimum Gasteiger partial charge on any atom is -0.495 e. The Balaban J connectivity index is 2.40. The van der Waals surface area contributed by atoms with Crippen LogP contribution in [0, 0.1) is 0 Å². The summed E-state index contributed by atoms with van der Waals surface area (Å²) in [6, 6.07) is 5.12. The van der Waals surface area contributed by atoms with Crippen LogP contribution in [0.1, 0.15) is 20.3 Å². The molecule has 0 bridgehead atoms. The van der Waals surface area contributed by atoms with Gasteiger partial charge in [0.15, 0.2) is 0 Å². The second-order valence-corrected chi connectivity index (χ2v) is 5.61. The van der Waals surface area contributed by atoms with Crippen LogP contribution in [-0.2, 0) is 9.59 Å². The molecule has 0 spiro atoms. The first-order valence-electron chi connectivity index (χ1n) is 6.31. The highest BCUT2D eigenvalue weighted by Gasteiger charge is 2.37. The topological polar surface area (TPSA) is 58.6 Å². The van der Waals surface area contributed by atoms with Gasteiger partial charge in [0.25, 0.3) is 5.91 Å². The fraction of sp³-hybridized carbons (Fsp3) is 0.429. The van der Waals surface area contributed by atoms with Gasteiger partial charge in [0, 0.05) is 24.7 Å². The monoisotopic (exact) mass is 296 g/mol. The predicted octanol–water partition coefficient (Wildman–Crippen LogP) is 1.98. The van der Waals surface area contributed by atoms with Gasteiger partial charge in [0.2, 0.25) is 5.91 Å². The van der Waals surface area contributed by atoms with Crippen LogP contribution in [0.25, 0.3) is 0 Å². The van der Waals surface area contributed by atoms with E-state index in [-0.39, 0.29) is 18.2 Å². The molecule has 20 heavy (non-hydrogen) atoms. The fourth-order valence-corrected chi connectivity index (χ4v) is 2.37. The van der Waals surface area contributed by atoms with Crippen LogP contribution >= 0.6 is 11.6 Å². The molecule has 1 N–H and O–H groups in total. The lowest BCUT2D eigenvalue weighted by molar-refractivity contribution is -0.128. The van der Waals surface area contributed by atoms with E-state index in [2.05, 4.69) is 5.32 Å². The number of benzene rings is 1. The molecule has 5 nitrogen and oxygen atoms in total. The lowest BCUT2D eigenvalue weighted by Gasteiger charge is -2.29. The molecule has 1 aromatic carbocycles. The van der Waals surface area contributed by atoms with Gasteiger partial charge >= 0.3 is 0 Å². The summed E-state index contributed by atoms with van der Waals surface area (Å²) in [6.45, 7) is 3.72. The molecule has 1 aliphatic rings. The highest BCUT2D eigenvalue weighted by molar-refractivity contribution is 6.32. The molecular formula is C14H17ClN2O3. The van der Waals surface area contributed by atoms with Gasteiger partial charge < -0.3 is 15.0 Å². The maximum Gasteiger partial charge on any atom is 0.252 e. The number of halogens is 1. The van der Waals surface area contributed by atoms with Gasteiger partial charge in [-0.15, -0.1) is 0 Å². The molecule has 0 atom stereocenters. The Morgan fingerprint density at radius 1 is 1.35 bits per heavy atom. The van der Waals surface area contributed by atoms with Gasteiger partial charge in [0.1, 0.15) is 11.3 Å². The Hall–Kier alpha value is -1.75. The van der Waals surface area contributed by atoms with E-state index in [9.17, 15) is 9.59 Å². The molecule has 0 aromatic heterocycles. The summed E-state index contributed by atoms with van der Waals surface area (Å²) in [5.41, 5.74) is -0.263. The summed E-state index contributed by atoms with van der Waals surface area (Å²) < 4.78 is 5.16. The number of carbonyl (C=O) groups is 2. The number of amides is 2. The van der Waals surface area contributed by atoms with Crippen LogP contribution in [0.15, 0.2) is 18.2 Å². The number of nitrogens with one attached hydrogen (secondary N) is 1. The van der Waals surface area contributed by atoms with Gasteiger partial charge in [-0.2, -0.15) is 0 Å². The normalized spacial score (nSPS) is 18.5. The van der Waals surface area contributed by atoms with Crippen LogP contribution in [0.3, 0.4) is 0 Å². The van der Waals surface area contributed by atoms with E-state index in [0.717, 1.165) is 0 Å². The van der Waals surface area contributed by atoms with E-state index in [1.807, 2.05) is 0 Å². The number of methoxy groups -OCH3 is 1. The number of hydrogen-bond acceptors (Lipinski definition) is 3. The number of hydrogen-bond donors (Lipinski definition) is 1. The van der Waals surface area contributed by atoms with E-state index in [4.69, 9.17) is 16.3 Å². The molecule has 2 amide bonds. The second-order valence-electron chi connectivity index (χ2n) is 5.20. The maximum atomic E-state index is 12.5. The van der Waals surface area contributed by atoms with Crippen molar-refractivity contribution in [2.75, 3.05) is 18.6 Å². The van der Waals surface area contributed by atoms with E-state index in [1.165, 1.54) is 7.11 Å². The molecule has 1 saturated heterocycles. The molecular weight excluding hydrogens is 280 g/mol. The largest absolute Gasteiger partial charge is 0.495 e. The first kappa shape index (κ1) is 14.7. The maximum absolute atomic E-state index is 12.5. The fourth-order valence-electron chi connectivity index (χ4n) is 2.18. The molecule has 1 heterocycles. The predicted molar refractivity (Wildman–Crippen MR) is 77.2 cm³/mol. The highest BCUT2D eigenvalue weighted by atomic mass is 35.5. The minimum absolute atomic E-state index is 0.133. The zero-order valence-electron chi connectivity index (χ0n) is 11.7. The van der Waals surface area contributed by atoms with Gasteiger partial charge in [-0.25, -0.2) is 0 Å². The van der Waals surface area contributed by atoms with Crippen molar-refractivity contribution in [2.24, 2.45) is 0 Å². The molecule has 1 aromatic rings. The van der Waals surface area contributed by atoms with Gasteiger partial charge in [-0.05, 0) is 26.0 Å². The van der Waals surface area contributed by atoms with Crippen LogP contribution in [0.5, 0.6) is 5.75 Å². The number of nitrogens with zero attached hydrogens (tertiary/aromatic N) is 1. The molecule has 108 valence electrons. The quantitative estimate of drug-likeness (QED) is 0.908. The Kier molecular flexibility index (Phi) is 3.90. The van der Waals surface area contributed by atoms with Crippen LogP contribution in [-0.4, -0.2) is 31.0 Å². The van der Waals surface area contributed by atoms with Crippen molar-refractivity contribution in [3.05, 3.63) is 23.2 Å². The molecule has 1 fully saturated rings. The van der Waals surface area contributed by atoms with Crippen LogP contribution in [0.4, 0.5) is 5.69 Å². The minimum atomic E-state index is -0.930. The summed E-state index contributed by atoms with van der Waals surface area (Å²) in [6.07, 6.45) is 0.264. The third-order valence-corrected chi connectivity index (χ3v) is 3.55. The zero-order chi connectivity index (χ0) is 14.9. The van der Waals surface area contributed by atoms with Gasteiger partial charge in [-0.3, -0.25) is 9.59 Å². The molecule has 0 saturated carbocycles. The molecule has 0 radical (unpaired) electrons. The van der Waals surface area contributed by atoms with E-state index < -0.39 is 5.54 Å².